The van der Waals surface area contributed by atoms with Gasteiger partial charge in [-0.1, -0.05) is 13.8 Å². The molecule has 1 aliphatic heterocycles. The summed E-state index contributed by atoms with van der Waals surface area (Å²) in [6.45, 7) is 5.97. The Morgan fingerprint density at radius 3 is 2.86 bits per heavy atom. The van der Waals surface area contributed by atoms with Crippen LogP contribution in [0.25, 0.3) is 0 Å². The Morgan fingerprint density at radius 2 is 2.29 bits per heavy atom. The fraction of sp³-hybridized carbons (Fsp3) is 0.545. The normalized spacial score (nSPS) is 16.8. The van der Waals surface area contributed by atoms with Gasteiger partial charge in [0, 0.05) is 6.20 Å². The van der Waals surface area contributed by atoms with E-state index in [2.05, 4.69) is 36.3 Å². The van der Waals surface area contributed by atoms with Crippen LogP contribution < -0.4 is 5.32 Å². The van der Waals surface area contributed by atoms with Crippen LogP contribution >= 0.6 is 0 Å². The Kier molecular flexibility index (Phi) is 2.68. The highest BCUT2D eigenvalue weighted by Crippen LogP contribution is 2.17. The number of nitrogens with one attached hydrogen (secondary N) is 1. The predicted octanol–water partition coefficient (Wildman–Crippen LogP) is 2.02. The first-order valence-corrected chi connectivity index (χ1v) is 5.06. The molecule has 14 heavy (non-hydrogen) atoms. The van der Waals surface area contributed by atoms with Crippen LogP contribution in [0.2, 0.25) is 0 Å². The molecule has 0 spiro atoms. The lowest BCUT2D eigenvalue weighted by atomic mass is 10.1. The Morgan fingerprint density at radius 1 is 1.50 bits per heavy atom. The van der Waals surface area contributed by atoms with Crippen molar-refractivity contribution in [3.05, 3.63) is 23.9 Å². The van der Waals surface area contributed by atoms with Crippen molar-refractivity contribution in [2.75, 3.05) is 18.5 Å². The molecule has 0 saturated carbocycles. The van der Waals surface area contributed by atoms with Gasteiger partial charge in [0.15, 0.2) is 0 Å². The quantitative estimate of drug-likeness (QED) is 0.795. The van der Waals surface area contributed by atoms with Crippen molar-refractivity contribution in [1.82, 2.24) is 4.98 Å². The van der Waals surface area contributed by atoms with Gasteiger partial charge in [0.1, 0.15) is 5.82 Å². The van der Waals surface area contributed by atoms with Gasteiger partial charge in [-0.05, 0) is 23.6 Å². The first-order valence-electron chi connectivity index (χ1n) is 5.06. The molecule has 1 fully saturated rings. The van der Waals surface area contributed by atoms with Gasteiger partial charge in [0.25, 0.3) is 0 Å². The Hall–Kier alpha value is -1.09. The predicted molar refractivity (Wildman–Crippen MR) is 56.6 cm³/mol. The van der Waals surface area contributed by atoms with Gasteiger partial charge in [-0.25, -0.2) is 4.98 Å². The number of ether oxygens (including phenoxy) is 1. The molecule has 3 heteroatoms. The molecule has 3 nitrogen and oxygen atoms in total. The molecule has 0 amide bonds. The molecule has 0 bridgehead atoms. The van der Waals surface area contributed by atoms with Gasteiger partial charge in [0.05, 0.1) is 19.3 Å². The van der Waals surface area contributed by atoms with Crippen molar-refractivity contribution in [3.8, 4) is 0 Å². The maximum Gasteiger partial charge on any atom is 0.126 e. The summed E-state index contributed by atoms with van der Waals surface area (Å²) in [6.07, 6.45) is 1.86. The zero-order valence-electron chi connectivity index (χ0n) is 8.66. The lowest BCUT2D eigenvalue weighted by Crippen LogP contribution is -2.40. The lowest BCUT2D eigenvalue weighted by Gasteiger charge is -2.27. The number of nitrogens with zero attached hydrogens (tertiary/aromatic N) is 1. The van der Waals surface area contributed by atoms with Gasteiger partial charge < -0.3 is 10.1 Å². The van der Waals surface area contributed by atoms with Crippen LogP contribution in [0.15, 0.2) is 18.3 Å². The van der Waals surface area contributed by atoms with Crippen LogP contribution in [-0.4, -0.2) is 24.2 Å². The van der Waals surface area contributed by atoms with E-state index in [1.54, 1.807) is 0 Å². The van der Waals surface area contributed by atoms with Crippen molar-refractivity contribution in [1.29, 1.82) is 0 Å². The monoisotopic (exact) mass is 192 g/mol. The summed E-state index contributed by atoms with van der Waals surface area (Å²) in [6, 6.07) is 4.63. The van der Waals surface area contributed by atoms with E-state index in [0.717, 1.165) is 19.0 Å². The third kappa shape index (κ3) is 2.04. The minimum Gasteiger partial charge on any atom is -0.377 e. The fourth-order valence-electron chi connectivity index (χ4n) is 1.41. The van der Waals surface area contributed by atoms with Crippen LogP contribution in [0.1, 0.15) is 25.3 Å². The number of anilines is 1. The maximum atomic E-state index is 5.09. The van der Waals surface area contributed by atoms with Crippen molar-refractivity contribution < 1.29 is 4.74 Å². The van der Waals surface area contributed by atoms with E-state index in [-0.39, 0.29) is 0 Å². The summed E-state index contributed by atoms with van der Waals surface area (Å²) in [7, 11) is 0. The highest BCUT2D eigenvalue weighted by molar-refractivity contribution is 5.39. The van der Waals surface area contributed by atoms with Gasteiger partial charge in [0.2, 0.25) is 0 Å². The Bertz CT molecular complexity index is 308. The van der Waals surface area contributed by atoms with Gasteiger partial charge in [-0.15, -0.1) is 0 Å². The number of pyridine rings is 1. The number of rotatable bonds is 3. The Labute approximate surface area is 84.5 Å². The van der Waals surface area contributed by atoms with Gasteiger partial charge in [-0.2, -0.15) is 0 Å². The van der Waals surface area contributed by atoms with Crippen molar-refractivity contribution in [3.63, 3.8) is 0 Å². The molecular formula is C11H16N2O. The average Bonchev–Trinajstić information content (AvgIpc) is 2.12. The molecule has 0 aliphatic carbocycles. The topological polar surface area (TPSA) is 34.2 Å². The second kappa shape index (κ2) is 3.96. The van der Waals surface area contributed by atoms with E-state index >= 15 is 0 Å². The highest BCUT2D eigenvalue weighted by Gasteiger charge is 2.18. The summed E-state index contributed by atoms with van der Waals surface area (Å²) in [5.41, 5.74) is 1.32. The molecule has 0 unspecified atom stereocenters. The molecule has 1 saturated heterocycles. The number of hydrogen-bond acceptors (Lipinski definition) is 3. The maximum absolute atomic E-state index is 5.09. The molecule has 76 valence electrons. The largest absolute Gasteiger partial charge is 0.377 e. The van der Waals surface area contributed by atoms with E-state index in [1.165, 1.54) is 5.56 Å². The summed E-state index contributed by atoms with van der Waals surface area (Å²) in [5, 5.41) is 3.34. The van der Waals surface area contributed by atoms with Gasteiger partial charge in [-0.3, -0.25) is 0 Å². The van der Waals surface area contributed by atoms with Crippen LogP contribution in [0.4, 0.5) is 5.82 Å². The van der Waals surface area contributed by atoms with Crippen LogP contribution in [0, 0.1) is 0 Å². The molecule has 1 aliphatic rings. The van der Waals surface area contributed by atoms with Crippen molar-refractivity contribution >= 4 is 5.82 Å². The van der Waals surface area contributed by atoms with Crippen molar-refractivity contribution in [2.45, 2.75) is 25.8 Å². The molecule has 1 N–H and O–H groups in total. The second-order valence-electron chi connectivity index (χ2n) is 4.01. The molecular weight excluding hydrogens is 176 g/mol. The highest BCUT2D eigenvalue weighted by atomic mass is 16.5. The van der Waals surface area contributed by atoms with E-state index in [0.29, 0.717) is 12.0 Å². The SMILES string of the molecule is CC(C)c1ccnc(NC2COC2)c1. The van der Waals surface area contributed by atoms with E-state index < -0.39 is 0 Å². The third-order valence-electron chi connectivity index (χ3n) is 2.44. The average molecular weight is 192 g/mol. The lowest BCUT2D eigenvalue weighted by molar-refractivity contribution is 0.0209. The molecule has 2 heterocycles. The third-order valence-corrected chi connectivity index (χ3v) is 2.44. The van der Waals surface area contributed by atoms with E-state index in [4.69, 9.17) is 4.74 Å². The minimum atomic E-state index is 0.449. The summed E-state index contributed by atoms with van der Waals surface area (Å²) in [5.74, 6) is 1.51. The molecule has 1 aromatic heterocycles. The first kappa shape index (κ1) is 9.46. The molecule has 1 aromatic rings. The van der Waals surface area contributed by atoms with E-state index in [9.17, 15) is 0 Å². The zero-order valence-corrected chi connectivity index (χ0v) is 8.66. The molecule has 0 radical (unpaired) electrons. The standard InChI is InChI=1S/C11H16N2O/c1-8(2)9-3-4-12-11(5-9)13-10-6-14-7-10/h3-5,8,10H,6-7H2,1-2H3,(H,12,13). The van der Waals surface area contributed by atoms with E-state index in [1.807, 2.05) is 6.20 Å². The zero-order chi connectivity index (χ0) is 9.97. The smallest absolute Gasteiger partial charge is 0.126 e. The van der Waals surface area contributed by atoms with Crippen molar-refractivity contribution in [2.24, 2.45) is 0 Å². The second-order valence-corrected chi connectivity index (χ2v) is 4.01. The molecule has 2 rings (SSSR count). The summed E-state index contributed by atoms with van der Waals surface area (Å²) in [4.78, 5) is 4.28. The molecule has 0 atom stereocenters. The number of aromatic nitrogens is 1. The van der Waals surface area contributed by atoms with Crippen LogP contribution in [-0.2, 0) is 4.74 Å². The molecule has 0 aromatic carbocycles. The number of hydrogen-bond donors (Lipinski definition) is 1. The Balaban J connectivity index is 2.05. The fourth-order valence-corrected chi connectivity index (χ4v) is 1.41. The first-order chi connectivity index (χ1) is 6.75. The van der Waals surface area contributed by atoms with Crippen LogP contribution in [0.3, 0.4) is 0 Å². The summed E-state index contributed by atoms with van der Waals surface area (Å²) >= 11 is 0. The summed E-state index contributed by atoms with van der Waals surface area (Å²) < 4.78 is 5.09. The minimum absolute atomic E-state index is 0.449. The van der Waals surface area contributed by atoms with Gasteiger partial charge >= 0.3 is 0 Å². The van der Waals surface area contributed by atoms with Crippen LogP contribution in [0.5, 0.6) is 0 Å².